The Balaban J connectivity index is 2.21. The molecule has 0 aliphatic carbocycles. The van der Waals surface area contributed by atoms with Gasteiger partial charge in [0, 0.05) is 12.1 Å². The molecule has 4 nitrogen and oxygen atoms in total. The van der Waals surface area contributed by atoms with Gasteiger partial charge in [-0.3, -0.25) is 9.69 Å². The van der Waals surface area contributed by atoms with Crippen LogP contribution >= 0.6 is 0 Å². The van der Waals surface area contributed by atoms with Crippen molar-refractivity contribution in [2.45, 2.75) is 39.3 Å². The summed E-state index contributed by atoms with van der Waals surface area (Å²) in [5.41, 5.74) is 2.46. The van der Waals surface area contributed by atoms with E-state index in [1.54, 1.807) is 0 Å². The molecular formula is C17H25NO3. The maximum Gasteiger partial charge on any atom is 0.310 e. The number of hydrogen-bond acceptors (Lipinski definition) is 3. The molecule has 4 heteroatoms. The number of carboxylic acid groups (broad SMARTS) is 1. The van der Waals surface area contributed by atoms with Crippen molar-refractivity contribution in [3.63, 3.8) is 0 Å². The van der Waals surface area contributed by atoms with Crippen molar-refractivity contribution >= 4 is 5.97 Å². The summed E-state index contributed by atoms with van der Waals surface area (Å²) in [5.74, 6) is -1.18. The monoisotopic (exact) mass is 291 g/mol. The predicted molar refractivity (Wildman–Crippen MR) is 82.3 cm³/mol. The van der Waals surface area contributed by atoms with E-state index < -0.39 is 11.9 Å². The van der Waals surface area contributed by atoms with Crippen molar-refractivity contribution in [2.24, 2.45) is 5.92 Å². The Hall–Kier alpha value is -1.39. The Morgan fingerprint density at radius 2 is 2.05 bits per heavy atom. The van der Waals surface area contributed by atoms with Crippen LogP contribution in [-0.4, -0.2) is 41.8 Å². The molecule has 1 aromatic carbocycles. The zero-order valence-corrected chi connectivity index (χ0v) is 13.1. The van der Waals surface area contributed by atoms with E-state index in [1.807, 2.05) is 0 Å². The largest absolute Gasteiger partial charge is 0.481 e. The molecule has 0 bridgehead atoms. The van der Waals surface area contributed by atoms with Crippen molar-refractivity contribution in [1.29, 1.82) is 0 Å². The van der Waals surface area contributed by atoms with Crippen molar-refractivity contribution < 1.29 is 14.6 Å². The van der Waals surface area contributed by atoms with Crippen LogP contribution in [-0.2, 0) is 9.53 Å². The van der Waals surface area contributed by atoms with Crippen molar-refractivity contribution in [1.82, 2.24) is 4.90 Å². The number of aryl methyl sites for hydroxylation is 1. The summed E-state index contributed by atoms with van der Waals surface area (Å²) in [6.45, 7) is 8.06. The number of hydrogen-bond donors (Lipinski definition) is 1. The summed E-state index contributed by atoms with van der Waals surface area (Å²) in [6.07, 6.45) is 0.999. The number of aliphatic carboxylic acids is 1. The standard InChI is InChI=1S/C17H25NO3/c1-4-9-18(16-11-21-10-15(16)17(19)20)13(3)14-7-5-12(2)6-8-14/h5-8,13,15-16H,4,9-11H2,1-3H3,(H,19,20). The highest BCUT2D eigenvalue weighted by molar-refractivity contribution is 5.71. The van der Waals surface area contributed by atoms with E-state index in [0.29, 0.717) is 13.2 Å². The molecule has 0 amide bonds. The molecule has 1 fully saturated rings. The molecule has 0 aromatic heterocycles. The molecule has 1 heterocycles. The van der Waals surface area contributed by atoms with Crippen molar-refractivity contribution in [2.75, 3.05) is 19.8 Å². The minimum Gasteiger partial charge on any atom is -0.481 e. The fourth-order valence-corrected chi connectivity index (χ4v) is 3.05. The third-order valence-corrected chi connectivity index (χ3v) is 4.33. The molecule has 0 radical (unpaired) electrons. The van der Waals surface area contributed by atoms with Crippen LogP contribution in [0, 0.1) is 12.8 Å². The molecule has 116 valence electrons. The zero-order chi connectivity index (χ0) is 15.4. The third-order valence-electron chi connectivity index (χ3n) is 4.33. The molecule has 1 aromatic rings. The van der Waals surface area contributed by atoms with Crippen LogP contribution < -0.4 is 0 Å². The smallest absolute Gasteiger partial charge is 0.310 e. The molecule has 1 aliphatic heterocycles. The Morgan fingerprint density at radius 3 is 2.62 bits per heavy atom. The van der Waals surface area contributed by atoms with Crippen LogP contribution in [0.25, 0.3) is 0 Å². The van der Waals surface area contributed by atoms with Crippen molar-refractivity contribution in [3.8, 4) is 0 Å². The van der Waals surface area contributed by atoms with E-state index >= 15 is 0 Å². The van der Waals surface area contributed by atoms with Gasteiger partial charge in [0.2, 0.25) is 0 Å². The Labute approximate surface area is 126 Å². The first-order valence-corrected chi connectivity index (χ1v) is 7.67. The maximum absolute atomic E-state index is 11.4. The first-order valence-electron chi connectivity index (χ1n) is 7.67. The van der Waals surface area contributed by atoms with Gasteiger partial charge in [0.15, 0.2) is 0 Å². The summed E-state index contributed by atoms with van der Waals surface area (Å²) in [7, 11) is 0. The minimum atomic E-state index is -0.755. The van der Waals surface area contributed by atoms with E-state index in [2.05, 4.69) is 49.9 Å². The fraction of sp³-hybridized carbons (Fsp3) is 0.588. The number of carbonyl (C=O) groups is 1. The summed E-state index contributed by atoms with van der Waals surface area (Å²) in [5, 5.41) is 9.38. The average molecular weight is 291 g/mol. The maximum atomic E-state index is 11.4. The summed E-state index contributed by atoms with van der Waals surface area (Å²) < 4.78 is 5.44. The molecule has 2 rings (SSSR count). The highest BCUT2D eigenvalue weighted by Crippen LogP contribution is 2.29. The van der Waals surface area contributed by atoms with Gasteiger partial charge in [-0.15, -0.1) is 0 Å². The Kier molecular flexibility index (Phi) is 5.37. The second kappa shape index (κ2) is 7.05. The van der Waals surface area contributed by atoms with Crippen LogP contribution in [0.4, 0.5) is 0 Å². The minimum absolute atomic E-state index is 0.0428. The van der Waals surface area contributed by atoms with Gasteiger partial charge in [-0.25, -0.2) is 0 Å². The van der Waals surface area contributed by atoms with Gasteiger partial charge >= 0.3 is 5.97 Å². The lowest BCUT2D eigenvalue weighted by molar-refractivity contribution is -0.143. The van der Waals surface area contributed by atoms with Gasteiger partial charge < -0.3 is 9.84 Å². The number of nitrogens with zero attached hydrogens (tertiary/aromatic N) is 1. The zero-order valence-electron chi connectivity index (χ0n) is 13.1. The number of carboxylic acids is 1. The van der Waals surface area contributed by atoms with Gasteiger partial charge in [-0.1, -0.05) is 36.8 Å². The fourth-order valence-electron chi connectivity index (χ4n) is 3.05. The quantitative estimate of drug-likeness (QED) is 0.875. The molecular weight excluding hydrogens is 266 g/mol. The first-order chi connectivity index (χ1) is 10.0. The normalized spacial score (nSPS) is 23.4. The van der Waals surface area contributed by atoms with Crippen LogP contribution in [0.3, 0.4) is 0 Å². The van der Waals surface area contributed by atoms with Crippen LogP contribution in [0.15, 0.2) is 24.3 Å². The third kappa shape index (κ3) is 3.63. The highest BCUT2D eigenvalue weighted by Gasteiger charge is 2.39. The SMILES string of the molecule is CCCN(C(C)c1ccc(C)cc1)C1COCC1C(=O)O. The lowest BCUT2D eigenvalue weighted by Crippen LogP contribution is -2.44. The van der Waals surface area contributed by atoms with Gasteiger partial charge in [0.05, 0.1) is 19.1 Å². The summed E-state index contributed by atoms with van der Waals surface area (Å²) in [6, 6.07) is 8.63. The lowest BCUT2D eigenvalue weighted by Gasteiger charge is -2.35. The van der Waals surface area contributed by atoms with Crippen LogP contribution in [0.1, 0.15) is 37.4 Å². The summed E-state index contributed by atoms with van der Waals surface area (Å²) >= 11 is 0. The lowest BCUT2D eigenvalue weighted by atomic mass is 9.97. The number of benzene rings is 1. The highest BCUT2D eigenvalue weighted by atomic mass is 16.5. The molecule has 1 N–H and O–H groups in total. The molecule has 3 atom stereocenters. The number of rotatable bonds is 6. The predicted octanol–water partition coefficient (Wildman–Crippen LogP) is 2.87. The van der Waals surface area contributed by atoms with Crippen molar-refractivity contribution in [3.05, 3.63) is 35.4 Å². The second-order valence-electron chi connectivity index (χ2n) is 5.87. The van der Waals surface area contributed by atoms with E-state index in [4.69, 9.17) is 4.74 Å². The topological polar surface area (TPSA) is 49.8 Å². The number of ether oxygens (including phenoxy) is 1. The van der Waals surface area contributed by atoms with Gasteiger partial charge in [0.1, 0.15) is 0 Å². The van der Waals surface area contributed by atoms with E-state index in [-0.39, 0.29) is 12.1 Å². The Morgan fingerprint density at radius 1 is 1.38 bits per heavy atom. The van der Waals surface area contributed by atoms with E-state index in [9.17, 15) is 9.90 Å². The molecule has 1 aliphatic rings. The molecule has 0 spiro atoms. The van der Waals surface area contributed by atoms with Crippen LogP contribution in [0.2, 0.25) is 0 Å². The second-order valence-corrected chi connectivity index (χ2v) is 5.87. The van der Waals surface area contributed by atoms with Gasteiger partial charge in [0.25, 0.3) is 0 Å². The van der Waals surface area contributed by atoms with Crippen LogP contribution in [0.5, 0.6) is 0 Å². The average Bonchev–Trinajstić information content (AvgIpc) is 2.94. The Bertz CT molecular complexity index is 471. The van der Waals surface area contributed by atoms with Gasteiger partial charge in [-0.05, 0) is 32.4 Å². The molecule has 1 saturated heterocycles. The molecule has 0 saturated carbocycles. The van der Waals surface area contributed by atoms with Gasteiger partial charge in [-0.2, -0.15) is 0 Å². The molecule has 3 unspecified atom stereocenters. The first kappa shape index (κ1) is 16.0. The summed E-state index contributed by atoms with van der Waals surface area (Å²) in [4.78, 5) is 13.7. The van der Waals surface area contributed by atoms with E-state index in [1.165, 1.54) is 11.1 Å². The van der Waals surface area contributed by atoms with E-state index in [0.717, 1.165) is 13.0 Å². The molecule has 21 heavy (non-hydrogen) atoms.